The first-order chi connectivity index (χ1) is 5.16. The summed E-state index contributed by atoms with van der Waals surface area (Å²) in [6.45, 7) is 7.18. The van der Waals surface area contributed by atoms with Gasteiger partial charge in [-0.05, 0) is 30.6 Å². The first kappa shape index (κ1) is 9.09. The minimum atomic E-state index is 0.718. The summed E-state index contributed by atoms with van der Waals surface area (Å²) >= 11 is 0. The Balaban J connectivity index is 2.33. The van der Waals surface area contributed by atoms with Crippen LogP contribution in [0.1, 0.15) is 59.3 Å². The summed E-state index contributed by atoms with van der Waals surface area (Å²) < 4.78 is 0. The van der Waals surface area contributed by atoms with Crippen LogP contribution >= 0.6 is 0 Å². The third kappa shape index (κ3) is 2.50. The molecule has 0 N–H and O–H groups in total. The van der Waals surface area contributed by atoms with E-state index in [0.29, 0.717) is 0 Å². The van der Waals surface area contributed by atoms with Crippen molar-refractivity contribution in [1.82, 2.24) is 0 Å². The zero-order chi connectivity index (χ0) is 8.32. The van der Waals surface area contributed by atoms with E-state index in [1.165, 1.54) is 38.5 Å². The van der Waals surface area contributed by atoms with E-state index in [-0.39, 0.29) is 0 Å². The molecule has 1 rings (SSSR count). The van der Waals surface area contributed by atoms with Crippen LogP contribution < -0.4 is 0 Å². The van der Waals surface area contributed by atoms with Crippen LogP contribution in [0.2, 0.25) is 0 Å². The molecular formula is C11H22. The molecule has 0 aliphatic heterocycles. The molecule has 0 aromatic heterocycles. The van der Waals surface area contributed by atoms with Crippen LogP contribution in [-0.2, 0) is 0 Å². The molecule has 0 heteroatoms. The maximum atomic E-state index is 2.48. The molecule has 1 unspecified atom stereocenters. The van der Waals surface area contributed by atoms with Crippen LogP contribution in [0.25, 0.3) is 0 Å². The SMILES string of the molecule is CCC(C)CC1(C)CCCC1. The van der Waals surface area contributed by atoms with Crippen LogP contribution in [0, 0.1) is 11.3 Å². The molecule has 0 aromatic rings. The first-order valence-electron chi connectivity index (χ1n) is 5.16. The molecule has 1 aliphatic carbocycles. The average molecular weight is 154 g/mol. The predicted octanol–water partition coefficient (Wildman–Crippen LogP) is 4.00. The van der Waals surface area contributed by atoms with Gasteiger partial charge in [-0.3, -0.25) is 0 Å². The number of hydrogen-bond acceptors (Lipinski definition) is 0. The van der Waals surface area contributed by atoms with Gasteiger partial charge in [-0.1, -0.05) is 40.0 Å². The van der Waals surface area contributed by atoms with E-state index in [9.17, 15) is 0 Å². The molecule has 11 heavy (non-hydrogen) atoms. The van der Waals surface area contributed by atoms with Gasteiger partial charge in [0.05, 0.1) is 0 Å². The van der Waals surface area contributed by atoms with Crippen molar-refractivity contribution in [2.75, 3.05) is 0 Å². The van der Waals surface area contributed by atoms with Crippen LogP contribution in [0.3, 0.4) is 0 Å². The fourth-order valence-electron chi connectivity index (χ4n) is 2.42. The lowest BCUT2D eigenvalue weighted by atomic mass is 9.79. The number of rotatable bonds is 3. The molecular weight excluding hydrogens is 132 g/mol. The first-order valence-corrected chi connectivity index (χ1v) is 5.16. The van der Waals surface area contributed by atoms with Crippen LogP contribution in [0.5, 0.6) is 0 Å². The van der Waals surface area contributed by atoms with Crippen LogP contribution in [0.4, 0.5) is 0 Å². The summed E-state index contributed by atoms with van der Waals surface area (Å²) in [5.41, 5.74) is 0.718. The van der Waals surface area contributed by atoms with Crippen molar-refractivity contribution >= 4 is 0 Å². The summed E-state index contributed by atoms with van der Waals surface area (Å²) in [5, 5.41) is 0. The molecule has 1 atom stereocenters. The molecule has 0 nitrogen and oxygen atoms in total. The molecule has 0 saturated heterocycles. The molecule has 0 amide bonds. The Morgan fingerprint density at radius 2 is 1.82 bits per heavy atom. The monoisotopic (exact) mass is 154 g/mol. The Bertz CT molecular complexity index is 109. The summed E-state index contributed by atoms with van der Waals surface area (Å²) in [6, 6.07) is 0. The minimum Gasteiger partial charge on any atom is -0.0651 e. The second-order valence-electron chi connectivity index (χ2n) is 4.74. The smallest absolute Gasteiger partial charge is 0.0323 e. The maximum Gasteiger partial charge on any atom is -0.0323 e. The third-order valence-electron chi connectivity index (χ3n) is 3.35. The Kier molecular flexibility index (Phi) is 2.98. The van der Waals surface area contributed by atoms with Crippen molar-refractivity contribution in [2.45, 2.75) is 59.3 Å². The quantitative estimate of drug-likeness (QED) is 0.576. The normalized spacial score (nSPS) is 25.4. The lowest BCUT2D eigenvalue weighted by Crippen LogP contribution is -2.14. The zero-order valence-electron chi connectivity index (χ0n) is 8.32. The van der Waals surface area contributed by atoms with E-state index in [1.54, 1.807) is 0 Å². The van der Waals surface area contributed by atoms with Crippen molar-refractivity contribution in [3.8, 4) is 0 Å². The lowest BCUT2D eigenvalue weighted by molar-refractivity contribution is 0.252. The second kappa shape index (κ2) is 3.60. The highest BCUT2D eigenvalue weighted by atomic mass is 14.3. The standard InChI is InChI=1S/C11H22/c1-4-10(2)9-11(3)7-5-6-8-11/h10H,4-9H2,1-3H3. The van der Waals surface area contributed by atoms with E-state index >= 15 is 0 Å². The summed E-state index contributed by atoms with van der Waals surface area (Å²) in [5.74, 6) is 0.943. The fourth-order valence-corrected chi connectivity index (χ4v) is 2.42. The lowest BCUT2D eigenvalue weighted by Gasteiger charge is -2.26. The summed E-state index contributed by atoms with van der Waals surface area (Å²) in [6.07, 6.45) is 8.74. The minimum absolute atomic E-state index is 0.718. The molecule has 0 heterocycles. The largest absolute Gasteiger partial charge is 0.0651 e. The zero-order valence-corrected chi connectivity index (χ0v) is 8.32. The van der Waals surface area contributed by atoms with E-state index < -0.39 is 0 Å². The predicted molar refractivity (Wildman–Crippen MR) is 50.6 cm³/mol. The molecule has 1 fully saturated rings. The van der Waals surface area contributed by atoms with Gasteiger partial charge in [0.15, 0.2) is 0 Å². The van der Waals surface area contributed by atoms with E-state index in [1.807, 2.05) is 0 Å². The Labute approximate surface area is 71.4 Å². The van der Waals surface area contributed by atoms with E-state index in [2.05, 4.69) is 20.8 Å². The Morgan fingerprint density at radius 1 is 1.27 bits per heavy atom. The van der Waals surface area contributed by atoms with Crippen molar-refractivity contribution in [3.63, 3.8) is 0 Å². The number of hydrogen-bond donors (Lipinski definition) is 0. The third-order valence-corrected chi connectivity index (χ3v) is 3.35. The molecule has 1 aliphatic rings. The molecule has 66 valence electrons. The highest BCUT2D eigenvalue weighted by Crippen LogP contribution is 2.42. The fraction of sp³-hybridized carbons (Fsp3) is 1.00. The van der Waals surface area contributed by atoms with E-state index in [0.717, 1.165) is 11.3 Å². The molecule has 0 spiro atoms. The second-order valence-corrected chi connectivity index (χ2v) is 4.74. The molecule has 0 aromatic carbocycles. The summed E-state index contributed by atoms with van der Waals surface area (Å²) in [4.78, 5) is 0. The van der Waals surface area contributed by atoms with Gasteiger partial charge in [-0.25, -0.2) is 0 Å². The van der Waals surface area contributed by atoms with Crippen molar-refractivity contribution < 1.29 is 0 Å². The maximum absolute atomic E-state index is 2.48. The molecule has 0 bridgehead atoms. The highest BCUT2D eigenvalue weighted by Gasteiger charge is 2.29. The van der Waals surface area contributed by atoms with Crippen LogP contribution in [-0.4, -0.2) is 0 Å². The molecule has 1 saturated carbocycles. The molecule has 0 radical (unpaired) electrons. The van der Waals surface area contributed by atoms with Gasteiger partial charge in [0.2, 0.25) is 0 Å². The highest BCUT2D eigenvalue weighted by molar-refractivity contribution is 4.81. The Morgan fingerprint density at radius 3 is 2.27 bits per heavy atom. The Hall–Kier alpha value is 0. The van der Waals surface area contributed by atoms with E-state index in [4.69, 9.17) is 0 Å². The van der Waals surface area contributed by atoms with Gasteiger partial charge in [-0.15, -0.1) is 0 Å². The van der Waals surface area contributed by atoms with Crippen molar-refractivity contribution in [1.29, 1.82) is 0 Å². The van der Waals surface area contributed by atoms with Crippen molar-refractivity contribution in [3.05, 3.63) is 0 Å². The average Bonchev–Trinajstić information content (AvgIpc) is 2.36. The van der Waals surface area contributed by atoms with Gasteiger partial charge in [0, 0.05) is 0 Å². The van der Waals surface area contributed by atoms with Gasteiger partial charge >= 0.3 is 0 Å². The van der Waals surface area contributed by atoms with Gasteiger partial charge < -0.3 is 0 Å². The van der Waals surface area contributed by atoms with Gasteiger partial charge in [-0.2, -0.15) is 0 Å². The van der Waals surface area contributed by atoms with Gasteiger partial charge in [0.25, 0.3) is 0 Å². The van der Waals surface area contributed by atoms with Gasteiger partial charge in [0.1, 0.15) is 0 Å². The summed E-state index contributed by atoms with van der Waals surface area (Å²) in [7, 11) is 0. The van der Waals surface area contributed by atoms with Crippen LogP contribution in [0.15, 0.2) is 0 Å². The topological polar surface area (TPSA) is 0 Å². The van der Waals surface area contributed by atoms with Crippen molar-refractivity contribution in [2.24, 2.45) is 11.3 Å².